The number of amides is 2. The van der Waals surface area contributed by atoms with Crippen molar-refractivity contribution in [3.63, 3.8) is 0 Å². The minimum Gasteiger partial charge on any atom is -0.397 e. The van der Waals surface area contributed by atoms with Gasteiger partial charge in [0.15, 0.2) is 0 Å². The van der Waals surface area contributed by atoms with Gasteiger partial charge in [-0.25, -0.2) is 0 Å². The molecule has 0 saturated heterocycles. The highest BCUT2D eigenvalue weighted by Gasteiger charge is 2.04. The molecule has 2 aromatic carbocycles. The molecule has 0 aliphatic carbocycles. The first kappa shape index (κ1) is 20.4. The third-order valence-corrected chi connectivity index (χ3v) is 4.30. The fourth-order valence-corrected chi connectivity index (χ4v) is 2.36. The van der Waals surface area contributed by atoms with E-state index in [4.69, 9.17) is 28.9 Å². The van der Waals surface area contributed by atoms with Crippen LogP contribution in [0.3, 0.4) is 0 Å². The minimum atomic E-state index is -0.303. The van der Waals surface area contributed by atoms with Crippen LogP contribution in [0.15, 0.2) is 60.9 Å². The first-order chi connectivity index (χ1) is 12.9. The molecule has 0 heterocycles. The molecule has 2 rings (SSSR count). The number of benzene rings is 2. The largest absolute Gasteiger partial charge is 0.397 e. The molecule has 0 aliphatic rings. The molecule has 0 atom stereocenters. The van der Waals surface area contributed by atoms with E-state index in [1.54, 1.807) is 48.7 Å². The van der Waals surface area contributed by atoms with Crippen molar-refractivity contribution in [2.75, 3.05) is 17.3 Å². The molecule has 27 heavy (non-hydrogen) atoms. The SMILES string of the molecule is CNC(=O)/C=C\N(C=O)c1ccc(N/C=C(\N)c2ccc(Cl)c(Cl)c2)cc1. The minimum absolute atomic E-state index is 0.303. The molecule has 0 spiro atoms. The smallest absolute Gasteiger partial charge is 0.245 e. The maximum Gasteiger partial charge on any atom is 0.245 e. The summed E-state index contributed by atoms with van der Waals surface area (Å²) in [5.74, 6) is -0.303. The summed E-state index contributed by atoms with van der Waals surface area (Å²) in [5.41, 5.74) is 8.64. The lowest BCUT2D eigenvalue weighted by Gasteiger charge is -2.13. The van der Waals surface area contributed by atoms with Crippen LogP contribution in [0.1, 0.15) is 5.56 Å². The fourth-order valence-electron chi connectivity index (χ4n) is 2.06. The van der Waals surface area contributed by atoms with Gasteiger partial charge in [0.1, 0.15) is 0 Å². The van der Waals surface area contributed by atoms with E-state index < -0.39 is 0 Å². The standard InChI is InChI=1S/C19H18Cl2N4O2/c1-23-19(27)8-9-25(12-26)15-5-3-14(4-6-15)24-11-18(22)13-2-7-16(20)17(21)10-13/h2-12,24H,22H2,1H3,(H,23,27)/b9-8-,18-11-. The molecule has 8 heteroatoms. The summed E-state index contributed by atoms with van der Waals surface area (Å²) in [6.45, 7) is 0. The van der Waals surface area contributed by atoms with Crippen molar-refractivity contribution in [1.29, 1.82) is 0 Å². The number of carbonyl (C=O) groups excluding carboxylic acids is 2. The molecule has 140 valence electrons. The van der Waals surface area contributed by atoms with E-state index in [0.29, 0.717) is 27.8 Å². The number of halogens is 2. The monoisotopic (exact) mass is 404 g/mol. The van der Waals surface area contributed by atoms with Gasteiger partial charge in [-0.3, -0.25) is 14.5 Å². The van der Waals surface area contributed by atoms with Crippen molar-refractivity contribution in [1.82, 2.24) is 5.32 Å². The van der Waals surface area contributed by atoms with Gasteiger partial charge in [-0.15, -0.1) is 0 Å². The second-order valence-corrected chi connectivity index (χ2v) is 6.18. The van der Waals surface area contributed by atoms with E-state index in [9.17, 15) is 9.59 Å². The van der Waals surface area contributed by atoms with Gasteiger partial charge in [0, 0.05) is 42.5 Å². The Bertz CT molecular complexity index is 880. The van der Waals surface area contributed by atoms with Crippen molar-refractivity contribution < 1.29 is 9.59 Å². The maximum atomic E-state index is 11.2. The molecule has 0 saturated carbocycles. The summed E-state index contributed by atoms with van der Waals surface area (Å²) >= 11 is 11.9. The van der Waals surface area contributed by atoms with E-state index in [-0.39, 0.29) is 5.91 Å². The molecule has 2 aromatic rings. The predicted molar refractivity (Wildman–Crippen MR) is 110 cm³/mol. The summed E-state index contributed by atoms with van der Waals surface area (Å²) in [6.07, 6.45) is 4.90. The van der Waals surface area contributed by atoms with Gasteiger partial charge in [-0.1, -0.05) is 29.3 Å². The van der Waals surface area contributed by atoms with Crippen LogP contribution in [-0.4, -0.2) is 19.4 Å². The first-order valence-corrected chi connectivity index (χ1v) is 8.61. The van der Waals surface area contributed by atoms with Crippen LogP contribution in [0.4, 0.5) is 11.4 Å². The maximum absolute atomic E-state index is 11.2. The van der Waals surface area contributed by atoms with Gasteiger partial charge >= 0.3 is 0 Å². The zero-order valence-corrected chi connectivity index (χ0v) is 16.0. The van der Waals surface area contributed by atoms with Gasteiger partial charge in [0.05, 0.1) is 15.7 Å². The van der Waals surface area contributed by atoms with Gasteiger partial charge < -0.3 is 16.4 Å². The van der Waals surface area contributed by atoms with E-state index in [0.717, 1.165) is 11.3 Å². The molecule has 2 amide bonds. The van der Waals surface area contributed by atoms with Crippen LogP contribution in [-0.2, 0) is 9.59 Å². The lowest BCUT2D eigenvalue weighted by Crippen LogP contribution is -2.18. The molecule has 0 bridgehead atoms. The lowest BCUT2D eigenvalue weighted by molar-refractivity contribution is -0.116. The quantitative estimate of drug-likeness (QED) is 0.485. The summed E-state index contributed by atoms with van der Waals surface area (Å²) in [5, 5.41) is 6.39. The van der Waals surface area contributed by atoms with Gasteiger partial charge in [0.2, 0.25) is 12.3 Å². The number of nitrogens with one attached hydrogen (secondary N) is 2. The summed E-state index contributed by atoms with van der Waals surface area (Å²) < 4.78 is 0. The second kappa shape index (κ2) is 9.66. The van der Waals surface area contributed by atoms with Crippen LogP contribution in [0, 0.1) is 0 Å². The number of nitrogens with zero attached hydrogens (tertiary/aromatic N) is 1. The molecular formula is C19H18Cl2N4O2. The number of anilines is 2. The van der Waals surface area contributed by atoms with Crippen LogP contribution in [0.25, 0.3) is 5.70 Å². The second-order valence-electron chi connectivity index (χ2n) is 5.36. The average Bonchev–Trinajstić information content (AvgIpc) is 2.69. The van der Waals surface area contributed by atoms with Crippen molar-refractivity contribution in [2.24, 2.45) is 5.73 Å². The molecular weight excluding hydrogens is 387 g/mol. The zero-order valence-electron chi connectivity index (χ0n) is 14.4. The Morgan fingerprint density at radius 2 is 1.81 bits per heavy atom. The van der Waals surface area contributed by atoms with Crippen LogP contribution in [0.5, 0.6) is 0 Å². The average molecular weight is 405 g/mol. The Kier molecular flexibility index (Phi) is 7.28. The summed E-state index contributed by atoms with van der Waals surface area (Å²) in [7, 11) is 1.51. The highest BCUT2D eigenvalue weighted by atomic mass is 35.5. The Morgan fingerprint density at radius 1 is 1.11 bits per heavy atom. The van der Waals surface area contributed by atoms with Crippen LogP contribution >= 0.6 is 23.2 Å². The Hall–Kier alpha value is -2.96. The van der Waals surface area contributed by atoms with Crippen molar-refractivity contribution in [3.8, 4) is 0 Å². The van der Waals surface area contributed by atoms with Crippen LogP contribution in [0.2, 0.25) is 10.0 Å². The molecule has 0 fully saturated rings. The number of hydrogen-bond acceptors (Lipinski definition) is 4. The Balaban J connectivity index is 2.08. The van der Waals surface area contributed by atoms with E-state index in [2.05, 4.69) is 10.6 Å². The normalized spacial score (nSPS) is 11.3. The van der Waals surface area contributed by atoms with Crippen molar-refractivity contribution in [3.05, 3.63) is 76.5 Å². The van der Waals surface area contributed by atoms with Crippen LogP contribution < -0.4 is 21.3 Å². The number of hydrogen-bond donors (Lipinski definition) is 3. The number of rotatable bonds is 7. The lowest BCUT2D eigenvalue weighted by atomic mass is 10.2. The van der Waals surface area contributed by atoms with Crippen molar-refractivity contribution >= 4 is 52.6 Å². The third kappa shape index (κ3) is 5.77. The van der Waals surface area contributed by atoms with Crippen molar-refractivity contribution in [2.45, 2.75) is 0 Å². The topological polar surface area (TPSA) is 87.5 Å². The molecule has 0 radical (unpaired) electrons. The molecule has 6 nitrogen and oxygen atoms in total. The summed E-state index contributed by atoms with van der Waals surface area (Å²) in [4.78, 5) is 23.7. The van der Waals surface area contributed by atoms with E-state index in [1.807, 2.05) is 0 Å². The Morgan fingerprint density at radius 3 is 2.41 bits per heavy atom. The van der Waals surface area contributed by atoms with Gasteiger partial charge in [0.25, 0.3) is 0 Å². The fraction of sp³-hybridized carbons (Fsp3) is 0.0526. The summed E-state index contributed by atoms with van der Waals surface area (Å²) in [6, 6.07) is 12.1. The predicted octanol–water partition coefficient (Wildman–Crippen LogP) is 3.59. The highest BCUT2D eigenvalue weighted by Crippen LogP contribution is 2.25. The third-order valence-electron chi connectivity index (χ3n) is 3.56. The molecule has 0 aliphatic heterocycles. The Labute approximate surface area is 167 Å². The highest BCUT2D eigenvalue weighted by molar-refractivity contribution is 6.42. The molecule has 4 N–H and O–H groups in total. The number of nitrogens with two attached hydrogens (primary N) is 1. The molecule has 0 aromatic heterocycles. The van der Waals surface area contributed by atoms with E-state index >= 15 is 0 Å². The van der Waals surface area contributed by atoms with E-state index in [1.165, 1.54) is 24.2 Å². The number of carbonyl (C=O) groups is 2. The van der Waals surface area contributed by atoms with Gasteiger partial charge in [-0.2, -0.15) is 0 Å². The number of likely N-dealkylation sites (N-methyl/N-ethyl adjacent to an activating group) is 1. The zero-order chi connectivity index (χ0) is 19.8. The molecule has 0 unspecified atom stereocenters. The first-order valence-electron chi connectivity index (χ1n) is 7.86. The van der Waals surface area contributed by atoms with Gasteiger partial charge in [-0.05, 0) is 36.4 Å².